The van der Waals surface area contributed by atoms with Crippen LogP contribution in [-0.2, 0) is 4.79 Å². The number of carboxylic acid groups (broad SMARTS) is 1. The molecule has 2 nitrogen and oxygen atoms in total. The lowest BCUT2D eigenvalue weighted by atomic mass is 9.96. The van der Waals surface area contributed by atoms with Gasteiger partial charge in [-0.15, -0.1) is 0 Å². The fourth-order valence-corrected chi connectivity index (χ4v) is 1.97. The van der Waals surface area contributed by atoms with Gasteiger partial charge in [-0.05, 0) is 23.3 Å². The van der Waals surface area contributed by atoms with Gasteiger partial charge >= 0.3 is 5.97 Å². The number of carbonyl (C=O) groups is 1. The van der Waals surface area contributed by atoms with Gasteiger partial charge in [-0.25, -0.2) is 8.78 Å². The fourth-order valence-electron chi connectivity index (χ4n) is 1.97. The Labute approximate surface area is 103 Å². The number of alkyl halides is 2. The topological polar surface area (TPSA) is 37.3 Å². The average molecular weight is 250 g/mol. The molecule has 94 valence electrons. The Kier molecular flexibility index (Phi) is 3.28. The van der Waals surface area contributed by atoms with Crippen LogP contribution < -0.4 is 0 Å². The minimum absolute atomic E-state index is 0.133. The van der Waals surface area contributed by atoms with E-state index in [4.69, 9.17) is 5.11 Å². The first-order chi connectivity index (χ1) is 8.49. The largest absolute Gasteiger partial charge is 0.481 e. The van der Waals surface area contributed by atoms with E-state index in [1.165, 1.54) is 12.1 Å². The SMILES string of the molecule is Cc1ccc2cc(C(C(=O)O)C(F)F)ccc2c1. The number of benzene rings is 2. The lowest BCUT2D eigenvalue weighted by molar-refractivity contribution is -0.142. The summed E-state index contributed by atoms with van der Waals surface area (Å²) in [5.41, 5.74) is 1.20. The van der Waals surface area contributed by atoms with Gasteiger partial charge in [-0.1, -0.05) is 42.0 Å². The number of carboxylic acids is 1. The van der Waals surface area contributed by atoms with Gasteiger partial charge in [0.2, 0.25) is 0 Å². The normalized spacial score (nSPS) is 12.9. The molecule has 0 amide bonds. The van der Waals surface area contributed by atoms with Gasteiger partial charge in [-0.3, -0.25) is 4.79 Å². The second-order valence-electron chi connectivity index (χ2n) is 4.26. The third-order valence-corrected chi connectivity index (χ3v) is 2.90. The summed E-state index contributed by atoms with van der Waals surface area (Å²) in [6.45, 7) is 1.94. The van der Waals surface area contributed by atoms with Crippen molar-refractivity contribution in [2.75, 3.05) is 0 Å². The standard InChI is InChI=1S/C14H12F2O2/c1-8-2-3-10-7-11(5-4-9(10)6-8)12(13(15)16)14(17)18/h2-7,12-13H,1H3,(H,17,18). The highest BCUT2D eigenvalue weighted by atomic mass is 19.3. The van der Waals surface area contributed by atoms with E-state index in [-0.39, 0.29) is 5.56 Å². The first-order valence-electron chi connectivity index (χ1n) is 5.50. The van der Waals surface area contributed by atoms with E-state index < -0.39 is 18.3 Å². The third kappa shape index (κ3) is 2.32. The zero-order valence-electron chi connectivity index (χ0n) is 9.73. The van der Waals surface area contributed by atoms with Crippen molar-refractivity contribution in [3.63, 3.8) is 0 Å². The van der Waals surface area contributed by atoms with Crippen molar-refractivity contribution in [1.82, 2.24) is 0 Å². The van der Waals surface area contributed by atoms with Crippen molar-refractivity contribution >= 4 is 16.7 Å². The van der Waals surface area contributed by atoms with Crippen molar-refractivity contribution in [3.05, 3.63) is 47.5 Å². The van der Waals surface area contributed by atoms with Gasteiger partial charge in [0.15, 0.2) is 0 Å². The summed E-state index contributed by atoms with van der Waals surface area (Å²) in [6.07, 6.45) is -2.91. The van der Waals surface area contributed by atoms with Crippen LogP contribution >= 0.6 is 0 Å². The van der Waals surface area contributed by atoms with Gasteiger partial charge in [0.25, 0.3) is 6.43 Å². The van der Waals surface area contributed by atoms with Crippen LogP contribution in [0, 0.1) is 6.92 Å². The second-order valence-corrected chi connectivity index (χ2v) is 4.26. The Morgan fingerprint density at radius 1 is 1.11 bits per heavy atom. The predicted octanol–water partition coefficient (Wildman–Crippen LogP) is 3.58. The van der Waals surface area contributed by atoms with E-state index in [0.717, 1.165) is 16.3 Å². The molecule has 0 saturated carbocycles. The minimum atomic E-state index is -2.91. The molecule has 0 bridgehead atoms. The van der Waals surface area contributed by atoms with Crippen LogP contribution in [0.3, 0.4) is 0 Å². The second kappa shape index (κ2) is 4.72. The van der Waals surface area contributed by atoms with Crippen molar-refractivity contribution in [1.29, 1.82) is 0 Å². The highest BCUT2D eigenvalue weighted by Crippen LogP contribution is 2.27. The molecule has 18 heavy (non-hydrogen) atoms. The molecular weight excluding hydrogens is 238 g/mol. The third-order valence-electron chi connectivity index (χ3n) is 2.90. The molecule has 1 unspecified atom stereocenters. The van der Waals surface area contributed by atoms with E-state index >= 15 is 0 Å². The highest BCUT2D eigenvalue weighted by Gasteiger charge is 2.29. The number of fused-ring (bicyclic) bond motifs is 1. The first-order valence-corrected chi connectivity index (χ1v) is 5.50. The zero-order valence-corrected chi connectivity index (χ0v) is 9.73. The molecule has 0 spiro atoms. The number of aliphatic carboxylic acids is 1. The zero-order chi connectivity index (χ0) is 13.3. The van der Waals surface area contributed by atoms with Crippen LogP contribution in [0.4, 0.5) is 8.78 Å². The lowest BCUT2D eigenvalue weighted by Crippen LogP contribution is -2.19. The van der Waals surface area contributed by atoms with Crippen LogP contribution in [0.5, 0.6) is 0 Å². The maximum Gasteiger partial charge on any atom is 0.316 e. The number of aryl methyl sites for hydroxylation is 1. The lowest BCUT2D eigenvalue weighted by Gasteiger charge is -2.12. The van der Waals surface area contributed by atoms with E-state index in [9.17, 15) is 13.6 Å². The number of rotatable bonds is 3. The molecule has 2 rings (SSSR count). The summed E-state index contributed by atoms with van der Waals surface area (Å²) in [6, 6.07) is 10.2. The molecule has 2 aromatic carbocycles. The molecule has 0 aliphatic carbocycles. The van der Waals surface area contributed by atoms with Gasteiger partial charge in [0.05, 0.1) is 0 Å². The molecule has 0 aliphatic heterocycles. The monoisotopic (exact) mass is 250 g/mol. The Hall–Kier alpha value is -1.97. The van der Waals surface area contributed by atoms with Crippen LogP contribution in [-0.4, -0.2) is 17.5 Å². The highest BCUT2D eigenvalue weighted by molar-refractivity contribution is 5.86. The molecule has 1 atom stereocenters. The van der Waals surface area contributed by atoms with Crippen molar-refractivity contribution in [2.24, 2.45) is 0 Å². The van der Waals surface area contributed by atoms with E-state index in [1.54, 1.807) is 12.1 Å². The van der Waals surface area contributed by atoms with Crippen LogP contribution in [0.1, 0.15) is 17.0 Å². The molecule has 0 aliphatic rings. The Morgan fingerprint density at radius 3 is 2.33 bits per heavy atom. The van der Waals surface area contributed by atoms with Crippen LogP contribution in [0.15, 0.2) is 36.4 Å². The number of hydrogen-bond acceptors (Lipinski definition) is 1. The minimum Gasteiger partial charge on any atom is -0.481 e. The summed E-state index contributed by atoms with van der Waals surface area (Å²) in [5.74, 6) is -3.27. The fraction of sp³-hybridized carbons (Fsp3) is 0.214. The Morgan fingerprint density at radius 2 is 1.72 bits per heavy atom. The van der Waals surface area contributed by atoms with Crippen LogP contribution in [0.2, 0.25) is 0 Å². The van der Waals surface area contributed by atoms with Crippen molar-refractivity contribution in [2.45, 2.75) is 19.3 Å². The van der Waals surface area contributed by atoms with Crippen molar-refractivity contribution < 1.29 is 18.7 Å². The molecule has 4 heteroatoms. The van der Waals surface area contributed by atoms with Crippen LogP contribution in [0.25, 0.3) is 10.8 Å². The number of hydrogen-bond donors (Lipinski definition) is 1. The Bertz CT molecular complexity index is 593. The van der Waals surface area contributed by atoms with Gasteiger partial charge in [-0.2, -0.15) is 0 Å². The van der Waals surface area contributed by atoms with Gasteiger partial charge < -0.3 is 5.11 Å². The molecule has 0 aromatic heterocycles. The molecule has 0 radical (unpaired) electrons. The van der Waals surface area contributed by atoms with Crippen molar-refractivity contribution in [3.8, 4) is 0 Å². The van der Waals surface area contributed by atoms with E-state index in [0.29, 0.717) is 0 Å². The molecule has 0 fully saturated rings. The maximum atomic E-state index is 12.7. The average Bonchev–Trinajstić information content (AvgIpc) is 2.28. The van der Waals surface area contributed by atoms with E-state index in [2.05, 4.69) is 0 Å². The number of halogens is 2. The maximum absolute atomic E-state index is 12.7. The van der Waals surface area contributed by atoms with Gasteiger partial charge in [0.1, 0.15) is 5.92 Å². The summed E-state index contributed by atoms with van der Waals surface area (Å²) < 4.78 is 25.4. The smallest absolute Gasteiger partial charge is 0.316 e. The van der Waals surface area contributed by atoms with E-state index in [1.807, 2.05) is 19.1 Å². The summed E-state index contributed by atoms with van der Waals surface area (Å²) >= 11 is 0. The quantitative estimate of drug-likeness (QED) is 0.904. The van der Waals surface area contributed by atoms with Gasteiger partial charge in [0, 0.05) is 0 Å². The first kappa shape index (κ1) is 12.5. The summed E-state index contributed by atoms with van der Waals surface area (Å²) in [5, 5.41) is 10.5. The molecule has 2 aromatic rings. The molecular formula is C14H12F2O2. The summed E-state index contributed by atoms with van der Waals surface area (Å²) in [7, 11) is 0. The summed E-state index contributed by atoms with van der Waals surface area (Å²) in [4.78, 5) is 10.9. The Balaban J connectivity index is 2.52. The molecule has 0 heterocycles. The predicted molar refractivity (Wildman–Crippen MR) is 65.1 cm³/mol. The molecule has 0 saturated heterocycles. The molecule has 1 N–H and O–H groups in total.